The summed E-state index contributed by atoms with van der Waals surface area (Å²) in [5.74, 6) is 0. The first-order valence-electron chi connectivity index (χ1n) is 5.40. The monoisotopic (exact) mass is 209 g/mol. The Morgan fingerprint density at radius 3 is 2.75 bits per heavy atom. The number of aromatic nitrogens is 1. The van der Waals surface area contributed by atoms with E-state index in [2.05, 4.69) is 35.8 Å². The fourth-order valence-corrected chi connectivity index (χ4v) is 1.72. The maximum Gasteiger partial charge on any atom is 0.0702 e. The second-order valence-corrected chi connectivity index (χ2v) is 4.05. The molecule has 0 saturated heterocycles. The van der Waals surface area contributed by atoms with Gasteiger partial charge in [0.15, 0.2) is 0 Å². The topological polar surface area (TPSA) is 12.9 Å². The van der Waals surface area contributed by atoms with Gasteiger partial charge >= 0.3 is 0 Å². The SMILES string of the molecule is C=C(C)Cc1cccc(-c2ccccn2)c1. The Morgan fingerprint density at radius 2 is 2.06 bits per heavy atom. The Labute approximate surface area is 96.5 Å². The number of hydrogen-bond donors (Lipinski definition) is 0. The van der Waals surface area contributed by atoms with E-state index in [1.165, 1.54) is 16.7 Å². The molecule has 0 fully saturated rings. The molecule has 1 aromatic heterocycles. The van der Waals surface area contributed by atoms with E-state index in [0.29, 0.717) is 0 Å². The van der Waals surface area contributed by atoms with Crippen LogP contribution in [0.15, 0.2) is 60.8 Å². The van der Waals surface area contributed by atoms with Crippen molar-refractivity contribution in [2.75, 3.05) is 0 Å². The zero-order chi connectivity index (χ0) is 11.4. The zero-order valence-electron chi connectivity index (χ0n) is 9.48. The summed E-state index contributed by atoms with van der Waals surface area (Å²) >= 11 is 0. The average molecular weight is 209 g/mol. The van der Waals surface area contributed by atoms with E-state index < -0.39 is 0 Å². The lowest BCUT2D eigenvalue weighted by atomic mass is 10.0. The average Bonchev–Trinajstić information content (AvgIpc) is 2.30. The lowest BCUT2D eigenvalue weighted by Gasteiger charge is -2.04. The highest BCUT2D eigenvalue weighted by Gasteiger charge is 1.99. The summed E-state index contributed by atoms with van der Waals surface area (Å²) < 4.78 is 0. The van der Waals surface area contributed by atoms with E-state index in [1.807, 2.05) is 31.3 Å². The van der Waals surface area contributed by atoms with Crippen LogP contribution in [-0.4, -0.2) is 4.98 Å². The Hall–Kier alpha value is -1.89. The number of benzene rings is 1. The van der Waals surface area contributed by atoms with E-state index in [9.17, 15) is 0 Å². The number of pyridine rings is 1. The molecule has 1 nitrogen and oxygen atoms in total. The molecule has 80 valence electrons. The third-order valence-corrected chi connectivity index (χ3v) is 2.39. The smallest absolute Gasteiger partial charge is 0.0702 e. The molecule has 1 aromatic carbocycles. The normalized spacial score (nSPS) is 10.1. The fraction of sp³-hybridized carbons (Fsp3) is 0.133. The first-order valence-corrected chi connectivity index (χ1v) is 5.40. The van der Waals surface area contributed by atoms with Gasteiger partial charge in [0.05, 0.1) is 5.69 Å². The van der Waals surface area contributed by atoms with Crippen molar-refractivity contribution >= 4 is 0 Å². The molecule has 16 heavy (non-hydrogen) atoms. The summed E-state index contributed by atoms with van der Waals surface area (Å²) in [6.45, 7) is 5.99. The van der Waals surface area contributed by atoms with E-state index in [4.69, 9.17) is 0 Å². The quantitative estimate of drug-likeness (QED) is 0.699. The van der Waals surface area contributed by atoms with Crippen LogP contribution in [0, 0.1) is 0 Å². The first kappa shape index (κ1) is 10.6. The Kier molecular flexibility index (Phi) is 3.16. The number of rotatable bonds is 3. The van der Waals surface area contributed by atoms with Gasteiger partial charge in [-0.2, -0.15) is 0 Å². The Morgan fingerprint density at radius 1 is 1.19 bits per heavy atom. The minimum atomic E-state index is 0.931. The van der Waals surface area contributed by atoms with E-state index in [1.54, 1.807) is 0 Å². The van der Waals surface area contributed by atoms with Crippen molar-refractivity contribution in [2.45, 2.75) is 13.3 Å². The van der Waals surface area contributed by atoms with Crippen molar-refractivity contribution in [1.82, 2.24) is 4.98 Å². The van der Waals surface area contributed by atoms with Gasteiger partial charge in [-0.15, -0.1) is 0 Å². The highest BCUT2D eigenvalue weighted by Crippen LogP contribution is 2.18. The van der Waals surface area contributed by atoms with Crippen LogP contribution in [0.2, 0.25) is 0 Å². The number of hydrogen-bond acceptors (Lipinski definition) is 1. The second-order valence-electron chi connectivity index (χ2n) is 4.05. The molecule has 0 aliphatic rings. The van der Waals surface area contributed by atoms with Gasteiger partial charge < -0.3 is 0 Å². The number of nitrogens with zero attached hydrogens (tertiary/aromatic N) is 1. The molecule has 0 radical (unpaired) electrons. The molecule has 0 bridgehead atoms. The molecule has 0 amide bonds. The van der Waals surface area contributed by atoms with Crippen molar-refractivity contribution in [3.05, 3.63) is 66.4 Å². The van der Waals surface area contributed by atoms with Gasteiger partial charge in [-0.25, -0.2) is 0 Å². The number of allylic oxidation sites excluding steroid dienone is 1. The Balaban J connectivity index is 2.33. The van der Waals surface area contributed by atoms with Crippen LogP contribution in [-0.2, 0) is 6.42 Å². The lowest BCUT2D eigenvalue weighted by molar-refractivity contribution is 1.15. The van der Waals surface area contributed by atoms with Crippen molar-refractivity contribution < 1.29 is 0 Å². The summed E-state index contributed by atoms with van der Waals surface area (Å²) in [6, 6.07) is 14.4. The van der Waals surface area contributed by atoms with Crippen LogP contribution in [0.25, 0.3) is 11.3 Å². The van der Waals surface area contributed by atoms with Gasteiger partial charge in [0, 0.05) is 11.8 Å². The van der Waals surface area contributed by atoms with E-state index >= 15 is 0 Å². The van der Waals surface area contributed by atoms with Crippen LogP contribution in [0.3, 0.4) is 0 Å². The predicted molar refractivity (Wildman–Crippen MR) is 68.2 cm³/mol. The molecule has 0 aliphatic carbocycles. The van der Waals surface area contributed by atoms with Crippen LogP contribution in [0.5, 0.6) is 0 Å². The maximum absolute atomic E-state index is 4.35. The molecule has 0 N–H and O–H groups in total. The molecule has 0 spiro atoms. The molecular weight excluding hydrogens is 194 g/mol. The largest absolute Gasteiger partial charge is 0.256 e. The zero-order valence-corrected chi connectivity index (χ0v) is 9.48. The molecule has 0 atom stereocenters. The molecule has 0 saturated carbocycles. The van der Waals surface area contributed by atoms with Gasteiger partial charge in [-0.05, 0) is 37.1 Å². The van der Waals surface area contributed by atoms with Crippen LogP contribution in [0.4, 0.5) is 0 Å². The van der Waals surface area contributed by atoms with Gasteiger partial charge in [-0.1, -0.05) is 36.4 Å². The standard InChI is InChI=1S/C15H15N/c1-12(2)10-13-6-5-7-14(11-13)15-8-3-4-9-16-15/h3-9,11H,1,10H2,2H3. The molecule has 0 unspecified atom stereocenters. The maximum atomic E-state index is 4.35. The van der Waals surface area contributed by atoms with Crippen LogP contribution < -0.4 is 0 Å². The summed E-state index contributed by atoms with van der Waals surface area (Å²) in [5, 5.41) is 0. The van der Waals surface area contributed by atoms with Crippen molar-refractivity contribution in [2.24, 2.45) is 0 Å². The molecule has 1 heterocycles. The molecule has 1 heteroatoms. The van der Waals surface area contributed by atoms with Crippen molar-refractivity contribution in [1.29, 1.82) is 0 Å². The third kappa shape index (κ3) is 2.57. The van der Waals surface area contributed by atoms with Crippen LogP contribution in [0.1, 0.15) is 12.5 Å². The minimum absolute atomic E-state index is 0.931. The minimum Gasteiger partial charge on any atom is -0.256 e. The summed E-state index contributed by atoms with van der Waals surface area (Å²) in [7, 11) is 0. The molecule has 0 aliphatic heterocycles. The summed E-state index contributed by atoms with van der Waals surface area (Å²) in [5.41, 5.74) is 4.65. The lowest BCUT2D eigenvalue weighted by Crippen LogP contribution is -1.88. The van der Waals surface area contributed by atoms with Gasteiger partial charge in [0.1, 0.15) is 0 Å². The van der Waals surface area contributed by atoms with Gasteiger partial charge in [0.25, 0.3) is 0 Å². The van der Waals surface area contributed by atoms with Crippen molar-refractivity contribution in [3.8, 4) is 11.3 Å². The second kappa shape index (κ2) is 4.75. The Bertz CT molecular complexity index is 486. The van der Waals surface area contributed by atoms with Crippen molar-refractivity contribution in [3.63, 3.8) is 0 Å². The predicted octanol–water partition coefficient (Wildman–Crippen LogP) is 3.87. The first-order chi connectivity index (χ1) is 7.75. The molecule has 2 aromatic rings. The third-order valence-electron chi connectivity index (χ3n) is 2.39. The van der Waals surface area contributed by atoms with E-state index in [-0.39, 0.29) is 0 Å². The van der Waals surface area contributed by atoms with E-state index in [0.717, 1.165) is 12.1 Å². The fourth-order valence-electron chi connectivity index (χ4n) is 1.72. The highest BCUT2D eigenvalue weighted by molar-refractivity contribution is 5.59. The van der Waals surface area contributed by atoms with Gasteiger partial charge in [0.2, 0.25) is 0 Å². The van der Waals surface area contributed by atoms with Gasteiger partial charge in [-0.3, -0.25) is 4.98 Å². The highest BCUT2D eigenvalue weighted by atomic mass is 14.7. The summed E-state index contributed by atoms with van der Waals surface area (Å²) in [6.07, 6.45) is 2.75. The summed E-state index contributed by atoms with van der Waals surface area (Å²) in [4.78, 5) is 4.35. The molecular formula is C15H15N. The molecule has 2 rings (SSSR count). The van der Waals surface area contributed by atoms with Crippen LogP contribution >= 0.6 is 0 Å².